The van der Waals surface area contributed by atoms with Crippen LogP contribution in [0, 0.1) is 10.1 Å². The number of anilines is 1. The zero-order valence-electron chi connectivity index (χ0n) is 15.7. The van der Waals surface area contributed by atoms with Crippen molar-refractivity contribution in [2.75, 3.05) is 37.6 Å². The highest BCUT2D eigenvalue weighted by Crippen LogP contribution is 2.23. The Hall–Kier alpha value is -2.49. The van der Waals surface area contributed by atoms with E-state index in [9.17, 15) is 18.5 Å². The van der Waals surface area contributed by atoms with Crippen molar-refractivity contribution in [1.82, 2.24) is 9.62 Å². The van der Waals surface area contributed by atoms with Crippen LogP contribution in [-0.2, 0) is 10.0 Å². The molecule has 1 heterocycles. The first-order valence-electron chi connectivity index (χ1n) is 9.15. The lowest BCUT2D eigenvalue weighted by molar-refractivity contribution is -0.387. The van der Waals surface area contributed by atoms with Gasteiger partial charge >= 0.3 is 0 Å². The minimum absolute atomic E-state index is 0.0181. The summed E-state index contributed by atoms with van der Waals surface area (Å²) in [4.78, 5) is 14.6. The van der Waals surface area contributed by atoms with Crippen molar-refractivity contribution in [2.45, 2.75) is 17.9 Å². The van der Waals surface area contributed by atoms with Crippen LogP contribution in [0.1, 0.15) is 6.92 Å². The van der Waals surface area contributed by atoms with Crippen molar-refractivity contribution in [2.24, 2.45) is 0 Å². The SMILES string of the molecule is C[C@H](CNS(=O)(=O)c1ccccc1[N+](=O)[O-])N1CCN(c2ccccc2)CC1. The summed E-state index contributed by atoms with van der Waals surface area (Å²) in [6.45, 7) is 5.53. The second-order valence-electron chi connectivity index (χ2n) is 6.78. The first kappa shape index (κ1) is 20.2. The van der Waals surface area contributed by atoms with Gasteiger partial charge in [0.1, 0.15) is 0 Å². The smallest absolute Gasteiger partial charge is 0.289 e. The van der Waals surface area contributed by atoms with E-state index in [1.54, 1.807) is 0 Å². The molecule has 1 N–H and O–H groups in total. The maximum atomic E-state index is 12.5. The maximum Gasteiger partial charge on any atom is 0.289 e. The number of para-hydroxylation sites is 2. The number of benzene rings is 2. The summed E-state index contributed by atoms with van der Waals surface area (Å²) in [6, 6.07) is 15.6. The van der Waals surface area contributed by atoms with Crippen molar-refractivity contribution in [1.29, 1.82) is 0 Å². The topological polar surface area (TPSA) is 95.8 Å². The van der Waals surface area contributed by atoms with Gasteiger partial charge in [-0.05, 0) is 25.1 Å². The van der Waals surface area contributed by atoms with Gasteiger partial charge in [-0.25, -0.2) is 13.1 Å². The third kappa shape index (κ3) is 4.67. The molecule has 150 valence electrons. The average Bonchev–Trinajstić information content (AvgIpc) is 2.73. The van der Waals surface area contributed by atoms with Crippen molar-refractivity contribution < 1.29 is 13.3 Å². The molecule has 28 heavy (non-hydrogen) atoms. The summed E-state index contributed by atoms with van der Waals surface area (Å²) >= 11 is 0. The molecular weight excluding hydrogens is 380 g/mol. The number of sulfonamides is 1. The second-order valence-corrected chi connectivity index (χ2v) is 8.52. The summed E-state index contributed by atoms with van der Waals surface area (Å²) in [5.41, 5.74) is 0.769. The fourth-order valence-electron chi connectivity index (χ4n) is 3.33. The van der Waals surface area contributed by atoms with Crippen LogP contribution in [0.25, 0.3) is 0 Å². The molecule has 0 spiro atoms. The lowest BCUT2D eigenvalue weighted by atomic mass is 10.2. The Kier molecular flexibility index (Phi) is 6.28. The molecule has 3 rings (SSSR count). The molecule has 0 unspecified atom stereocenters. The van der Waals surface area contributed by atoms with Gasteiger partial charge < -0.3 is 4.90 Å². The number of rotatable bonds is 7. The van der Waals surface area contributed by atoms with Gasteiger partial charge in [0.2, 0.25) is 10.0 Å². The lowest BCUT2D eigenvalue weighted by Gasteiger charge is -2.39. The standard InChI is InChI=1S/C19H24N4O4S/c1-16(21-11-13-22(14-12-21)17-7-3-2-4-8-17)15-20-28(26,27)19-10-6-5-9-18(19)23(24)25/h2-10,16,20H,11-15H2,1H3/t16-/m1/s1. The Labute approximate surface area is 165 Å². The van der Waals surface area contributed by atoms with E-state index < -0.39 is 20.6 Å². The predicted octanol–water partition coefficient (Wildman–Crippen LogP) is 2.08. The monoisotopic (exact) mass is 404 g/mol. The minimum Gasteiger partial charge on any atom is -0.369 e. The highest BCUT2D eigenvalue weighted by molar-refractivity contribution is 7.89. The Morgan fingerprint density at radius 2 is 1.64 bits per heavy atom. The van der Waals surface area contributed by atoms with Crippen molar-refractivity contribution in [3.05, 3.63) is 64.7 Å². The van der Waals surface area contributed by atoms with Gasteiger partial charge in [0, 0.05) is 50.5 Å². The largest absolute Gasteiger partial charge is 0.369 e. The molecule has 1 saturated heterocycles. The summed E-state index contributed by atoms with van der Waals surface area (Å²) in [7, 11) is -3.95. The van der Waals surface area contributed by atoms with E-state index in [2.05, 4.69) is 26.7 Å². The number of nitro benzene ring substituents is 1. The van der Waals surface area contributed by atoms with Gasteiger partial charge in [-0.3, -0.25) is 15.0 Å². The van der Waals surface area contributed by atoms with E-state index in [1.165, 1.54) is 30.0 Å². The van der Waals surface area contributed by atoms with E-state index in [0.29, 0.717) is 0 Å². The zero-order valence-corrected chi connectivity index (χ0v) is 16.5. The zero-order chi connectivity index (χ0) is 20.1. The molecule has 2 aromatic rings. The normalized spacial score (nSPS) is 16.7. The molecular formula is C19H24N4O4S. The molecule has 0 aliphatic carbocycles. The van der Waals surface area contributed by atoms with E-state index in [0.717, 1.165) is 26.2 Å². The van der Waals surface area contributed by atoms with Gasteiger partial charge in [-0.2, -0.15) is 0 Å². The van der Waals surface area contributed by atoms with E-state index in [1.807, 2.05) is 25.1 Å². The number of nitro groups is 1. The van der Waals surface area contributed by atoms with Crippen LogP contribution < -0.4 is 9.62 Å². The number of hydrogen-bond donors (Lipinski definition) is 1. The van der Waals surface area contributed by atoms with E-state index in [-0.39, 0.29) is 17.5 Å². The van der Waals surface area contributed by atoms with Gasteiger partial charge in [-0.1, -0.05) is 30.3 Å². The molecule has 0 saturated carbocycles. The van der Waals surface area contributed by atoms with Crippen LogP contribution in [0.4, 0.5) is 11.4 Å². The average molecular weight is 404 g/mol. The van der Waals surface area contributed by atoms with Gasteiger partial charge in [0.25, 0.3) is 5.69 Å². The Bertz CT molecular complexity index is 913. The van der Waals surface area contributed by atoms with E-state index >= 15 is 0 Å². The Morgan fingerprint density at radius 3 is 2.29 bits per heavy atom. The van der Waals surface area contributed by atoms with Crippen LogP contribution in [0.2, 0.25) is 0 Å². The molecule has 1 atom stereocenters. The first-order valence-corrected chi connectivity index (χ1v) is 10.6. The van der Waals surface area contributed by atoms with Crippen molar-refractivity contribution >= 4 is 21.4 Å². The Balaban J connectivity index is 1.57. The Morgan fingerprint density at radius 1 is 1.04 bits per heavy atom. The molecule has 0 amide bonds. The second kappa shape index (κ2) is 8.68. The fourth-order valence-corrected chi connectivity index (χ4v) is 4.62. The minimum atomic E-state index is -3.95. The van der Waals surface area contributed by atoms with Crippen LogP contribution in [-0.4, -0.2) is 57.0 Å². The number of hydrogen-bond acceptors (Lipinski definition) is 6. The van der Waals surface area contributed by atoms with Crippen LogP contribution >= 0.6 is 0 Å². The highest BCUT2D eigenvalue weighted by Gasteiger charge is 2.27. The molecule has 1 fully saturated rings. The van der Waals surface area contributed by atoms with Gasteiger partial charge in [0.15, 0.2) is 4.90 Å². The molecule has 9 heteroatoms. The molecule has 1 aliphatic rings. The van der Waals surface area contributed by atoms with Gasteiger partial charge in [-0.15, -0.1) is 0 Å². The van der Waals surface area contributed by atoms with Crippen molar-refractivity contribution in [3.63, 3.8) is 0 Å². The van der Waals surface area contributed by atoms with Crippen LogP contribution in [0.15, 0.2) is 59.5 Å². The molecule has 8 nitrogen and oxygen atoms in total. The summed E-state index contributed by atoms with van der Waals surface area (Å²) < 4.78 is 27.6. The maximum absolute atomic E-state index is 12.5. The summed E-state index contributed by atoms with van der Waals surface area (Å²) in [5, 5.41) is 11.1. The molecule has 0 bridgehead atoms. The highest BCUT2D eigenvalue weighted by atomic mass is 32.2. The first-order chi connectivity index (χ1) is 13.4. The van der Waals surface area contributed by atoms with Crippen molar-refractivity contribution in [3.8, 4) is 0 Å². The van der Waals surface area contributed by atoms with Crippen LogP contribution in [0.3, 0.4) is 0 Å². The molecule has 1 aliphatic heterocycles. The number of piperazine rings is 1. The predicted molar refractivity (Wildman–Crippen MR) is 108 cm³/mol. The fraction of sp³-hybridized carbons (Fsp3) is 0.368. The summed E-state index contributed by atoms with van der Waals surface area (Å²) in [5.74, 6) is 0. The molecule has 0 radical (unpaired) electrons. The molecule has 2 aromatic carbocycles. The third-order valence-electron chi connectivity index (χ3n) is 4.98. The van der Waals surface area contributed by atoms with E-state index in [4.69, 9.17) is 0 Å². The summed E-state index contributed by atoms with van der Waals surface area (Å²) in [6.07, 6.45) is 0. The third-order valence-corrected chi connectivity index (χ3v) is 6.45. The number of nitrogens with one attached hydrogen (secondary N) is 1. The lowest BCUT2D eigenvalue weighted by Crippen LogP contribution is -2.52. The van der Waals surface area contributed by atoms with Crippen LogP contribution in [0.5, 0.6) is 0 Å². The number of nitrogens with zero attached hydrogens (tertiary/aromatic N) is 3. The van der Waals surface area contributed by atoms with Gasteiger partial charge in [0.05, 0.1) is 4.92 Å². The quantitative estimate of drug-likeness (QED) is 0.561. The molecule has 0 aromatic heterocycles.